The van der Waals surface area contributed by atoms with Crippen molar-refractivity contribution in [2.24, 2.45) is 17.4 Å². The number of guanidine groups is 1. The third kappa shape index (κ3) is 22.6. The molecular formula is C64H82FN17O13. The number of aromatic nitrogens is 2. The third-order valence-corrected chi connectivity index (χ3v) is 15.1. The number of aliphatic hydroxyl groups is 1. The quantitative estimate of drug-likeness (QED) is 0.0104. The minimum atomic E-state index is -1.98. The highest BCUT2D eigenvalue weighted by atomic mass is 19.1. The Labute approximate surface area is 545 Å². The lowest BCUT2D eigenvalue weighted by Crippen LogP contribution is -2.62. The normalized spacial score (nSPS) is 13.9. The molecule has 6 aromatic rings. The van der Waals surface area contributed by atoms with Crippen LogP contribution >= 0.6 is 0 Å². The molecule has 2 heterocycles. The molecule has 95 heavy (non-hydrogen) atoms. The van der Waals surface area contributed by atoms with Crippen molar-refractivity contribution in [2.45, 2.75) is 134 Å². The number of halogens is 1. The summed E-state index contributed by atoms with van der Waals surface area (Å²) in [6.07, 6.45) is -0.0174. The first-order chi connectivity index (χ1) is 45.2. The Hall–Kier alpha value is -11.1. The summed E-state index contributed by atoms with van der Waals surface area (Å²) in [5.74, 6) is -10.8. The smallest absolute Gasteiger partial charge is 0.334 e. The molecule has 0 bridgehead atoms. The van der Waals surface area contributed by atoms with Gasteiger partial charge in [-0.1, -0.05) is 74.5 Å². The molecule has 1 unspecified atom stereocenters. The Bertz CT molecular complexity index is 3730. The van der Waals surface area contributed by atoms with Gasteiger partial charge in [-0.25, -0.2) is 14.6 Å². The summed E-state index contributed by atoms with van der Waals surface area (Å²) in [6.45, 7) is 5.94. The van der Waals surface area contributed by atoms with Crippen LogP contribution in [0.2, 0.25) is 0 Å². The van der Waals surface area contributed by atoms with Gasteiger partial charge in [0.15, 0.2) is 5.96 Å². The second-order valence-corrected chi connectivity index (χ2v) is 23.2. The predicted molar refractivity (Wildman–Crippen MR) is 347 cm³/mol. The van der Waals surface area contributed by atoms with Crippen molar-refractivity contribution in [3.05, 3.63) is 138 Å². The molecule has 0 aliphatic rings. The van der Waals surface area contributed by atoms with Crippen molar-refractivity contribution in [1.82, 2.24) is 74.0 Å². The largest absolute Gasteiger partial charge is 0.508 e. The number of rotatable bonds is 33. The van der Waals surface area contributed by atoms with Gasteiger partial charge in [0.2, 0.25) is 53.2 Å². The van der Waals surface area contributed by atoms with E-state index < -0.39 is 138 Å². The van der Waals surface area contributed by atoms with Crippen LogP contribution in [0.15, 0.2) is 109 Å². The molecule has 21 N–H and O–H groups in total. The molecule has 4 aromatic carbocycles. The van der Waals surface area contributed by atoms with E-state index in [1.807, 2.05) is 24.3 Å². The number of phenols is 1. The van der Waals surface area contributed by atoms with E-state index in [4.69, 9.17) is 16.9 Å². The fourth-order valence-corrected chi connectivity index (χ4v) is 10.3. The van der Waals surface area contributed by atoms with Crippen LogP contribution in [-0.4, -0.2) is 159 Å². The van der Waals surface area contributed by atoms with Gasteiger partial charge in [-0.15, -0.1) is 0 Å². The molecule has 0 fully saturated rings. The maximum atomic E-state index is 14.6. The van der Waals surface area contributed by atoms with Gasteiger partial charge in [0.25, 0.3) is 5.91 Å². The first-order valence-electron chi connectivity index (χ1n) is 30.5. The van der Waals surface area contributed by atoms with Gasteiger partial charge < -0.3 is 84.8 Å². The Balaban J connectivity index is 1.17. The van der Waals surface area contributed by atoms with Crippen LogP contribution < -0.4 is 75.5 Å². The van der Waals surface area contributed by atoms with Crippen LogP contribution in [0.4, 0.5) is 9.18 Å². The number of fused-ring (bicyclic) bond motifs is 2. The molecule has 30 nitrogen and oxygen atoms in total. The van der Waals surface area contributed by atoms with Gasteiger partial charge in [-0.3, -0.25) is 58.8 Å². The van der Waals surface area contributed by atoms with Crippen molar-refractivity contribution < 1.29 is 67.3 Å². The number of carbonyl (C=O) groups is 11. The molecule has 0 aliphatic heterocycles. The van der Waals surface area contributed by atoms with Crippen molar-refractivity contribution >= 4 is 92.9 Å². The number of urea groups is 1. The number of amides is 12. The number of aromatic amines is 2. The SMILES string of the molecule is CNC(=N)NCCC[C@H](NC(=O)[C@H](CC(C)C)NC(=O)NNC(=O)[C@H](Cc1cccc(F)c1)NC(=O)C(NC(=O)[C@H](CC(N)=O)NC(=O)[C@@H](Cc1c[nH]c2ccccc12)NC(=O)[C@@H](Cc1ccc(O)cc1)NC(C)=O)[C@@H](C)O)C(=O)N[C@@H](Cc1c[nH]c2ccccc12)C(N)=O. The lowest BCUT2D eigenvalue weighted by atomic mass is 10.0. The topological polar surface area (TPSA) is 480 Å². The standard InChI is InChI=1S/C64H82FN17O13/c1-33(2)24-48(57(89)74-46(18-11-23-70-63(68)69-5)56(88)75-47(55(67)87)28-38-31-71-44-16-8-6-14-42(38)44)79-64(95)82-81-61(93)50(27-37-12-10-13-40(65)25-37)78-62(94)54(34(3)83)80-60(92)52(30-53(66)86)77-59(91)51(29-39-32-72-45-17-9-7-15-43(39)45)76-58(90)49(73-35(4)84)26-36-19-21-41(85)22-20-36/h6-10,12-17,19-22,25,31-34,46-52,54,71-72,83,85H,11,18,23-24,26-30H2,1-5H3,(H2,66,86)(H2,67,87)(H,73,84)(H,74,89)(H,75,88)(H,76,90)(H,77,91)(H,78,94)(H,80,92)(H,81,93)(H3,68,69,70)(H2,79,82,95)/t34-,46+,47+,48+,49-,50+,51-,52+,54?/m1/s1. The van der Waals surface area contributed by atoms with Crippen molar-refractivity contribution in [3.63, 3.8) is 0 Å². The number of hydrogen-bond donors (Lipinski definition) is 19. The van der Waals surface area contributed by atoms with Crippen LogP contribution in [0, 0.1) is 17.1 Å². The van der Waals surface area contributed by atoms with Crippen molar-refractivity contribution in [2.75, 3.05) is 13.6 Å². The summed E-state index contributed by atoms with van der Waals surface area (Å²) >= 11 is 0. The summed E-state index contributed by atoms with van der Waals surface area (Å²) < 4.78 is 14.6. The summed E-state index contributed by atoms with van der Waals surface area (Å²) in [5.41, 5.74) is 19.0. The fourth-order valence-electron chi connectivity index (χ4n) is 10.3. The van der Waals surface area contributed by atoms with E-state index in [2.05, 4.69) is 74.0 Å². The molecule has 31 heteroatoms. The molecule has 2 aromatic heterocycles. The molecule has 9 atom stereocenters. The number of primary amides is 2. The Morgan fingerprint density at radius 2 is 1.07 bits per heavy atom. The summed E-state index contributed by atoms with van der Waals surface area (Å²) in [7, 11) is 1.53. The number of hydrazine groups is 1. The second-order valence-electron chi connectivity index (χ2n) is 23.2. The van der Waals surface area contributed by atoms with E-state index >= 15 is 0 Å². The average Bonchev–Trinajstić information content (AvgIpc) is 1.69. The second kappa shape index (κ2) is 35.1. The van der Waals surface area contributed by atoms with E-state index in [0.29, 0.717) is 27.6 Å². The summed E-state index contributed by atoms with van der Waals surface area (Å²) in [6, 6.07) is 11.5. The molecule has 6 rings (SSSR count). The van der Waals surface area contributed by atoms with E-state index in [1.54, 1.807) is 50.5 Å². The highest BCUT2D eigenvalue weighted by Crippen LogP contribution is 2.22. The number of nitrogens with two attached hydrogens (primary N) is 2. The van der Waals surface area contributed by atoms with Crippen molar-refractivity contribution in [3.8, 4) is 5.75 Å². The van der Waals surface area contributed by atoms with Gasteiger partial charge >= 0.3 is 6.03 Å². The Morgan fingerprint density at radius 1 is 0.558 bits per heavy atom. The number of aliphatic hydroxyl groups excluding tert-OH is 1. The van der Waals surface area contributed by atoms with E-state index in [0.717, 1.165) is 30.0 Å². The highest BCUT2D eigenvalue weighted by Gasteiger charge is 2.36. The van der Waals surface area contributed by atoms with E-state index in [-0.39, 0.29) is 68.3 Å². The van der Waals surface area contributed by atoms with Gasteiger partial charge in [0, 0.05) is 80.4 Å². The number of H-pyrrole nitrogens is 2. The number of aromatic hydroxyl groups is 1. The number of benzene rings is 4. The number of hydrogen-bond acceptors (Lipinski definition) is 14. The number of nitrogens with one attached hydrogen (secondary N) is 15. The molecular weight excluding hydrogens is 1230 g/mol. The van der Waals surface area contributed by atoms with Gasteiger partial charge in [-0.05, 0) is 90.8 Å². The van der Waals surface area contributed by atoms with Gasteiger partial charge in [0.1, 0.15) is 59.9 Å². The first kappa shape index (κ1) is 72.9. The molecule has 0 saturated heterocycles. The van der Waals surface area contributed by atoms with E-state index in [9.17, 15) is 67.3 Å². The molecule has 0 spiro atoms. The molecule has 0 saturated carbocycles. The van der Waals surface area contributed by atoms with Crippen LogP contribution in [0.5, 0.6) is 5.75 Å². The molecule has 12 amide bonds. The molecule has 0 aliphatic carbocycles. The molecule has 508 valence electrons. The highest BCUT2D eigenvalue weighted by molar-refractivity contribution is 5.99. The lowest BCUT2D eigenvalue weighted by molar-refractivity contribution is -0.137. The minimum absolute atomic E-state index is 0.00276. The number of phenolic OH excluding ortho intramolecular Hbond substituents is 1. The molecule has 0 radical (unpaired) electrons. The van der Waals surface area contributed by atoms with E-state index in [1.165, 1.54) is 50.4 Å². The predicted octanol–water partition coefficient (Wildman–Crippen LogP) is -0.811. The zero-order valence-corrected chi connectivity index (χ0v) is 52.9. The third-order valence-electron chi connectivity index (χ3n) is 15.1. The maximum Gasteiger partial charge on any atom is 0.334 e. The first-order valence-corrected chi connectivity index (χ1v) is 30.5. The zero-order chi connectivity index (χ0) is 69.5. The summed E-state index contributed by atoms with van der Waals surface area (Å²) in [4.78, 5) is 157. The van der Waals surface area contributed by atoms with Gasteiger partial charge in [0.05, 0.1) is 12.5 Å². The minimum Gasteiger partial charge on any atom is -0.508 e. The number of para-hydroxylation sites is 2. The average molecular weight is 1320 g/mol. The fraction of sp³-hybridized carbons (Fsp3) is 0.375. The monoisotopic (exact) mass is 1320 g/mol. The van der Waals surface area contributed by atoms with Crippen LogP contribution in [0.25, 0.3) is 21.8 Å². The number of carbonyl (C=O) groups excluding carboxylic acids is 11. The lowest BCUT2D eigenvalue weighted by Gasteiger charge is -2.28. The zero-order valence-electron chi connectivity index (χ0n) is 52.9. The summed E-state index contributed by atoms with van der Waals surface area (Å²) in [5, 5.41) is 55.7. The maximum absolute atomic E-state index is 14.6. The van der Waals surface area contributed by atoms with Crippen molar-refractivity contribution in [1.29, 1.82) is 5.41 Å². The Kier molecular flexibility index (Phi) is 26.9. The Morgan fingerprint density at radius 3 is 1.64 bits per heavy atom. The van der Waals surface area contributed by atoms with Gasteiger partial charge in [-0.2, -0.15) is 0 Å². The van der Waals surface area contributed by atoms with Crippen LogP contribution in [-0.2, 0) is 73.6 Å². The van der Waals surface area contributed by atoms with Crippen LogP contribution in [0.3, 0.4) is 0 Å². The van der Waals surface area contributed by atoms with Crippen LogP contribution in [0.1, 0.15) is 75.6 Å².